The Kier molecular flexibility index (Phi) is 5.46. The smallest absolute Gasteiger partial charge is 0.290 e. The Hall–Kier alpha value is -1.20. The SMILES string of the molecule is CCCCC(C)[n+]1cnc(NC2CCC(N)CC2)c2c3c(sc21)CCC3. The van der Waals surface area contributed by atoms with E-state index < -0.39 is 0 Å². The molecule has 0 bridgehead atoms. The average molecular weight is 374 g/mol. The van der Waals surface area contributed by atoms with Crippen LogP contribution >= 0.6 is 11.3 Å². The molecular formula is C21H33N4S+. The van der Waals surface area contributed by atoms with Gasteiger partial charge in [-0.05, 0) is 75.3 Å². The average Bonchev–Trinajstić information content (AvgIpc) is 3.23. The molecule has 142 valence electrons. The third-order valence-corrected chi connectivity index (χ3v) is 7.55. The molecule has 2 aromatic rings. The van der Waals surface area contributed by atoms with E-state index in [2.05, 4.69) is 30.1 Å². The van der Waals surface area contributed by atoms with E-state index in [0.717, 1.165) is 18.7 Å². The molecular weight excluding hydrogens is 340 g/mol. The van der Waals surface area contributed by atoms with Gasteiger partial charge in [-0.2, -0.15) is 0 Å². The number of fused-ring (bicyclic) bond motifs is 3. The quantitative estimate of drug-likeness (QED) is 0.733. The van der Waals surface area contributed by atoms with Gasteiger partial charge < -0.3 is 11.1 Å². The summed E-state index contributed by atoms with van der Waals surface area (Å²) >= 11 is 2.01. The van der Waals surface area contributed by atoms with Crippen LogP contribution < -0.4 is 15.6 Å². The minimum Gasteiger partial charge on any atom is -0.346 e. The predicted octanol–water partition coefficient (Wildman–Crippen LogP) is 4.51. The van der Waals surface area contributed by atoms with Gasteiger partial charge >= 0.3 is 0 Å². The Labute approximate surface area is 161 Å². The largest absolute Gasteiger partial charge is 0.346 e. The van der Waals surface area contributed by atoms with Gasteiger partial charge in [-0.25, -0.2) is 4.57 Å². The molecule has 3 N–H and O–H groups in total. The van der Waals surface area contributed by atoms with Crippen molar-refractivity contribution in [2.24, 2.45) is 5.73 Å². The highest BCUT2D eigenvalue weighted by molar-refractivity contribution is 7.18. The van der Waals surface area contributed by atoms with Crippen molar-refractivity contribution in [2.75, 3.05) is 5.32 Å². The summed E-state index contributed by atoms with van der Waals surface area (Å²) in [6.07, 6.45) is 14.2. The molecule has 5 heteroatoms. The molecule has 4 nitrogen and oxygen atoms in total. The Morgan fingerprint density at radius 3 is 2.88 bits per heavy atom. The highest BCUT2D eigenvalue weighted by atomic mass is 32.1. The molecule has 0 aromatic carbocycles. The Bertz CT molecular complexity index is 761. The Balaban J connectivity index is 1.68. The van der Waals surface area contributed by atoms with Crippen LogP contribution in [0.25, 0.3) is 10.2 Å². The second kappa shape index (κ2) is 7.81. The van der Waals surface area contributed by atoms with Gasteiger partial charge in [-0.15, -0.1) is 0 Å². The third kappa shape index (κ3) is 3.48. The summed E-state index contributed by atoms with van der Waals surface area (Å²) in [7, 11) is 0. The standard InChI is InChI=1S/C21H32N4S/c1-3-4-6-14(2)25-13-23-20(24-16-11-9-15(22)10-12-16)19-17-7-5-8-18(17)26-21(19)25/h13-16H,3-12,22H2,1-2H3/p+1. The third-order valence-electron chi connectivity index (χ3n) is 6.25. The zero-order chi connectivity index (χ0) is 18.1. The fourth-order valence-corrected chi connectivity index (χ4v) is 6.03. The minimum absolute atomic E-state index is 0.392. The number of nitrogens with zero attached hydrogens (tertiary/aromatic N) is 2. The van der Waals surface area contributed by atoms with Gasteiger partial charge in [0.25, 0.3) is 12.1 Å². The molecule has 2 aliphatic rings. The normalized spacial score (nSPS) is 24.0. The summed E-state index contributed by atoms with van der Waals surface area (Å²) in [6, 6.07) is 1.44. The van der Waals surface area contributed by atoms with Gasteiger partial charge in [0.1, 0.15) is 5.39 Å². The second-order valence-corrected chi connectivity index (χ2v) is 9.37. The van der Waals surface area contributed by atoms with Crippen LogP contribution in [-0.2, 0) is 12.8 Å². The van der Waals surface area contributed by atoms with Crippen molar-refractivity contribution in [3.8, 4) is 0 Å². The zero-order valence-electron chi connectivity index (χ0n) is 16.3. The lowest BCUT2D eigenvalue weighted by Gasteiger charge is -2.26. The minimum atomic E-state index is 0.392. The number of unbranched alkanes of at least 4 members (excludes halogenated alkanes) is 1. The molecule has 2 aromatic heterocycles. The first-order valence-corrected chi connectivity index (χ1v) is 11.4. The highest BCUT2D eigenvalue weighted by Gasteiger charge is 2.29. The van der Waals surface area contributed by atoms with E-state index in [1.165, 1.54) is 61.6 Å². The van der Waals surface area contributed by atoms with E-state index >= 15 is 0 Å². The first-order chi connectivity index (χ1) is 12.7. The molecule has 0 amide bonds. The van der Waals surface area contributed by atoms with E-state index in [1.807, 2.05) is 11.3 Å². The van der Waals surface area contributed by atoms with E-state index in [4.69, 9.17) is 10.7 Å². The van der Waals surface area contributed by atoms with Crippen LogP contribution in [0.15, 0.2) is 6.33 Å². The second-order valence-electron chi connectivity index (χ2n) is 8.29. The van der Waals surface area contributed by atoms with E-state index in [0.29, 0.717) is 18.1 Å². The number of thiophene rings is 1. The summed E-state index contributed by atoms with van der Waals surface area (Å²) in [4.78, 5) is 7.96. The molecule has 0 spiro atoms. The number of rotatable bonds is 6. The molecule has 2 heterocycles. The van der Waals surface area contributed by atoms with Crippen LogP contribution in [-0.4, -0.2) is 17.1 Å². The zero-order valence-corrected chi connectivity index (χ0v) is 17.1. The van der Waals surface area contributed by atoms with Crippen LogP contribution in [0.4, 0.5) is 5.82 Å². The van der Waals surface area contributed by atoms with Gasteiger partial charge in [-0.1, -0.05) is 24.7 Å². The number of aromatic nitrogens is 2. The van der Waals surface area contributed by atoms with Crippen molar-refractivity contribution in [1.29, 1.82) is 0 Å². The topological polar surface area (TPSA) is 54.8 Å². The van der Waals surface area contributed by atoms with Gasteiger partial charge in [-0.3, -0.25) is 0 Å². The van der Waals surface area contributed by atoms with Crippen molar-refractivity contribution >= 4 is 27.4 Å². The fraction of sp³-hybridized carbons (Fsp3) is 0.714. The van der Waals surface area contributed by atoms with Crippen molar-refractivity contribution in [2.45, 2.75) is 96.2 Å². The summed E-state index contributed by atoms with van der Waals surface area (Å²) in [6.45, 7) is 4.62. The first-order valence-electron chi connectivity index (χ1n) is 10.5. The van der Waals surface area contributed by atoms with Gasteiger partial charge in [0.2, 0.25) is 0 Å². The van der Waals surface area contributed by atoms with Crippen molar-refractivity contribution < 1.29 is 4.57 Å². The maximum absolute atomic E-state index is 6.09. The number of anilines is 1. The molecule has 1 unspecified atom stereocenters. The molecule has 0 saturated heterocycles. The van der Waals surface area contributed by atoms with Crippen LogP contribution in [0.1, 0.15) is 81.7 Å². The summed E-state index contributed by atoms with van der Waals surface area (Å²) in [5.74, 6) is 1.12. The van der Waals surface area contributed by atoms with Crippen LogP contribution in [0, 0.1) is 0 Å². The van der Waals surface area contributed by atoms with Gasteiger partial charge in [0, 0.05) is 17.0 Å². The first kappa shape index (κ1) is 18.2. The molecule has 26 heavy (non-hydrogen) atoms. The van der Waals surface area contributed by atoms with Crippen LogP contribution in [0.2, 0.25) is 0 Å². The molecule has 2 aliphatic carbocycles. The lowest BCUT2D eigenvalue weighted by molar-refractivity contribution is -0.696. The molecule has 0 radical (unpaired) electrons. The van der Waals surface area contributed by atoms with E-state index in [-0.39, 0.29) is 0 Å². The number of hydrogen-bond acceptors (Lipinski definition) is 4. The lowest BCUT2D eigenvalue weighted by atomic mass is 9.92. The van der Waals surface area contributed by atoms with Crippen molar-refractivity contribution in [3.63, 3.8) is 0 Å². The van der Waals surface area contributed by atoms with Crippen LogP contribution in [0.5, 0.6) is 0 Å². The number of hydrogen-bond donors (Lipinski definition) is 2. The predicted molar refractivity (Wildman–Crippen MR) is 110 cm³/mol. The molecule has 1 atom stereocenters. The summed E-state index contributed by atoms with van der Waals surface area (Å²) in [5, 5.41) is 5.22. The highest BCUT2D eigenvalue weighted by Crippen LogP contribution is 2.39. The van der Waals surface area contributed by atoms with E-state index in [1.54, 1.807) is 10.4 Å². The van der Waals surface area contributed by atoms with E-state index in [9.17, 15) is 0 Å². The molecule has 4 rings (SSSR count). The maximum Gasteiger partial charge on any atom is 0.290 e. The van der Waals surface area contributed by atoms with Crippen LogP contribution in [0.3, 0.4) is 0 Å². The summed E-state index contributed by atoms with van der Waals surface area (Å²) < 4.78 is 2.44. The Morgan fingerprint density at radius 2 is 2.12 bits per heavy atom. The fourth-order valence-electron chi connectivity index (χ4n) is 4.57. The number of nitrogens with two attached hydrogens (primary N) is 1. The van der Waals surface area contributed by atoms with Crippen molar-refractivity contribution in [3.05, 3.63) is 16.8 Å². The monoisotopic (exact) mass is 373 g/mol. The molecule has 1 saturated carbocycles. The lowest BCUT2D eigenvalue weighted by Crippen LogP contribution is -2.39. The maximum atomic E-state index is 6.09. The van der Waals surface area contributed by atoms with Gasteiger partial charge in [0.15, 0.2) is 4.83 Å². The Morgan fingerprint density at radius 1 is 1.31 bits per heavy atom. The number of nitrogens with one attached hydrogen (secondary N) is 1. The van der Waals surface area contributed by atoms with Crippen molar-refractivity contribution in [1.82, 2.24) is 4.98 Å². The summed E-state index contributed by atoms with van der Waals surface area (Å²) in [5.41, 5.74) is 7.66. The molecule has 1 fully saturated rings. The molecule has 0 aliphatic heterocycles. The number of aryl methyl sites for hydroxylation is 2. The van der Waals surface area contributed by atoms with Gasteiger partial charge in [0.05, 0.1) is 6.04 Å².